The number of nitrogens with zero attached hydrogens (tertiary/aromatic N) is 1. The van der Waals surface area contributed by atoms with E-state index >= 15 is 0 Å². The molecular weight excluding hydrogens is 276 g/mol. The van der Waals surface area contributed by atoms with E-state index < -0.39 is 36.5 Å². The molecule has 0 aromatic heterocycles. The van der Waals surface area contributed by atoms with Crippen molar-refractivity contribution in [1.82, 2.24) is 4.90 Å². The fourth-order valence-corrected chi connectivity index (χ4v) is 1.94. The standard InChI is InChI=1S/C12H19F2NO5/c1-8(16)12(13,14)11(18)15(7-10(17)19-2)9-3-5-20-6-4-9/h8-9,16H,3-7H2,1-2H3. The lowest BCUT2D eigenvalue weighted by atomic mass is 10.0. The molecule has 1 fully saturated rings. The van der Waals surface area contributed by atoms with Crippen molar-refractivity contribution in [3.63, 3.8) is 0 Å². The van der Waals surface area contributed by atoms with Gasteiger partial charge < -0.3 is 19.5 Å². The van der Waals surface area contributed by atoms with Crippen LogP contribution in [0.15, 0.2) is 0 Å². The molecule has 6 nitrogen and oxygen atoms in total. The van der Waals surface area contributed by atoms with Crippen LogP contribution in [0.5, 0.6) is 0 Å². The molecule has 1 saturated heterocycles. The number of ether oxygens (including phenoxy) is 2. The molecule has 1 amide bonds. The Bertz CT molecular complexity index is 356. The van der Waals surface area contributed by atoms with Crippen molar-refractivity contribution >= 4 is 11.9 Å². The van der Waals surface area contributed by atoms with E-state index in [1.807, 2.05) is 0 Å². The van der Waals surface area contributed by atoms with E-state index in [1.54, 1.807) is 0 Å². The van der Waals surface area contributed by atoms with Crippen molar-refractivity contribution in [3.05, 3.63) is 0 Å². The summed E-state index contributed by atoms with van der Waals surface area (Å²) in [5.74, 6) is -6.29. The normalized spacial score (nSPS) is 18.4. The van der Waals surface area contributed by atoms with E-state index in [0.717, 1.165) is 18.9 Å². The molecule has 1 atom stereocenters. The van der Waals surface area contributed by atoms with Gasteiger partial charge in [0.2, 0.25) is 0 Å². The lowest BCUT2D eigenvalue weighted by Crippen LogP contribution is -2.55. The number of amides is 1. The van der Waals surface area contributed by atoms with E-state index in [1.165, 1.54) is 0 Å². The molecule has 0 saturated carbocycles. The predicted octanol–water partition coefficient (Wildman–Crippen LogP) is 0.183. The summed E-state index contributed by atoms with van der Waals surface area (Å²) in [4.78, 5) is 24.0. The first kappa shape index (κ1) is 16.8. The van der Waals surface area contributed by atoms with Crippen molar-refractivity contribution in [2.24, 2.45) is 0 Å². The van der Waals surface area contributed by atoms with Crippen LogP contribution in [0.4, 0.5) is 8.78 Å². The maximum Gasteiger partial charge on any atom is 0.349 e. The number of halogens is 2. The van der Waals surface area contributed by atoms with Crippen LogP contribution in [0.1, 0.15) is 19.8 Å². The smallest absolute Gasteiger partial charge is 0.349 e. The second-order valence-electron chi connectivity index (χ2n) is 4.65. The first-order valence-corrected chi connectivity index (χ1v) is 6.32. The third kappa shape index (κ3) is 3.86. The molecule has 0 spiro atoms. The largest absolute Gasteiger partial charge is 0.468 e. The van der Waals surface area contributed by atoms with Crippen LogP contribution < -0.4 is 0 Å². The fraction of sp³-hybridized carbons (Fsp3) is 0.833. The second-order valence-corrected chi connectivity index (χ2v) is 4.65. The van der Waals surface area contributed by atoms with E-state index in [-0.39, 0.29) is 0 Å². The molecule has 1 unspecified atom stereocenters. The number of hydrogen-bond donors (Lipinski definition) is 1. The Balaban J connectivity index is 2.91. The van der Waals surface area contributed by atoms with Crippen LogP contribution in [-0.4, -0.2) is 66.8 Å². The highest BCUT2D eigenvalue weighted by atomic mass is 19.3. The first-order chi connectivity index (χ1) is 9.30. The minimum absolute atomic E-state index is 0.329. The second kappa shape index (κ2) is 6.94. The van der Waals surface area contributed by atoms with E-state index in [0.29, 0.717) is 26.1 Å². The molecule has 1 N–H and O–H groups in total. The van der Waals surface area contributed by atoms with E-state index in [2.05, 4.69) is 4.74 Å². The highest BCUT2D eigenvalue weighted by Crippen LogP contribution is 2.25. The van der Waals surface area contributed by atoms with Gasteiger partial charge in [-0.25, -0.2) is 0 Å². The molecule has 0 aliphatic carbocycles. The number of carbonyl (C=O) groups is 2. The van der Waals surface area contributed by atoms with E-state index in [9.17, 15) is 18.4 Å². The molecule has 1 heterocycles. The zero-order valence-electron chi connectivity index (χ0n) is 11.5. The van der Waals surface area contributed by atoms with Crippen LogP contribution in [-0.2, 0) is 19.1 Å². The van der Waals surface area contributed by atoms with Gasteiger partial charge in [-0.1, -0.05) is 0 Å². The summed E-state index contributed by atoms with van der Waals surface area (Å²) in [6, 6.07) is -0.528. The monoisotopic (exact) mass is 295 g/mol. The predicted molar refractivity (Wildman–Crippen MR) is 64.2 cm³/mol. The van der Waals surface area contributed by atoms with E-state index in [4.69, 9.17) is 9.84 Å². The summed E-state index contributed by atoms with van der Waals surface area (Å²) in [5.41, 5.74) is 0. The Labute approximate surface area is 115 Å². The van der Waals surface area contributed by atoms with Gasteiger partial charge in [-0.05, 0) is 19.8 Å². The van der Waals surface area contributed by atoms with Gasteiger partial charge in [0, 0.05) is 19.3 Å². The lowest BCUT2D eigenvalue weighted by Gasteiger charge is -2.36. The van der Waals surface area contributed by atoms with Gasteiger partial charge in [0.15, 0.2) is 0 Å². The Kier molecular flexibility index (Phi) is 5.82. The maximum atomic E-state index is 13.7. The SMILES string of the molecule is COC(=O)CN(C(=O)C(F)(F)C(C)O)C1CCOCC1. The molecular formula is C12H19F2NO5. The van der Waals surface area contributed by atoms with Gasteiger partial charge >= 0.3 is 11.9 Å². The summed E-state index contributed by atoms with van der Waals surface area (Å²) in [5, 5.41) is 9.05. The molecule has 20 heavy (non-hydrogen) atoms. The van der Waals surface area contributed by atoms with Crippen molar-refractivity contribution in [2.75, 3.05) is 26.9 Å². The Hall–Kier alpha value is -1.28. The summed E-state index contributed by atoms with van der Waals surface area (Å²) < 4.78 is 36.9. The molecule has 1 aliphatic heterocycles. The Morgan fingerprint density at radius 1 is 1.45 bits per heavy atom. The number of carbonyl (C=O) groups excluding carboxylic acids is 2. The van der Waals surface area contributed by atoms with Gasteiger partial charge in [-0.15, -0.1) is 0 Å². The third-order valence-electron chi connectivity index (χ3n) is 3.23. The molecule has 0 aromatic carbocycles. The molecule has 1 aliphatic rings. The molecule has 0 radical (unpaired) electrons. The zero-order valence-corrected chi connectivity index (χ0v) is 11.5. The molecule has 8 heteroatoms. The van der Waals surface area contributed by atoms with Crippen LogP contribution in [0.3, 0.4) is 0 Å². The highest BCUT2D eigenvalue weighted by Gasteiger charge is 2.48. The van der Waals surface area contributed by atoms with Crippen LogP contribution in [0.2, 0.25) is 0 Å². The summed E-state index contributed by atoms with van der Waals surface area (Å²) in [6.45, 7) is 0.923. The van der Waals surface area contributed by atoms with Crippen LogP contribution in [0, 0.1) is 0 Å². The highest BCUT2D eigenvalue weighted by molar-refractivity contribution is 5.87. The van der Waals surface area contributed by atoms with Gasteiger partial charge in [0.05, 0.1) is 7.11 Å². The van der Waals surface area contributed by atoms with Crippen LogP contribution >= 0.6 is 0 Å². The van der Waals surface area contributed by atoms with Crippen molar-refractivity contribution in [1.29, 1.82) is 0 Å². The number of aliphatic hydroxyl groups excluding tert-OH is 1. The van der Waals surface area contributed by atoms with Crippen molar-refractivity contribution < 1.29 is 33.0 Å². The van der Waals surface area contributed by atoms with Gasteiger partial charge in [0.25, 0.3) is 5.91 Å². The van der Waals surface area contributed by atoms with Gasteiger partial charge in [-0.2, -0.15) is 8.78 Å². The topological polar surface area (TPSA) is 76.1 Å². The number of hydrogen-bond acceptors (Lipinski definition) is 5. The average molecular weight is 295 g/mol. The summed E-state index contributed by atoms with van der Waals surface area (Å²) >= 11 is 0. The number of aliphatic hydroxyl groups is 1. The molecule has 0 aromatic rings. The minimum Gasteiger partial charge on any atom is -0.468 e. The van der Waals surface area contributed by atoms with Gasteiger partial charge in [-0.3, -0.25) is 9.59 Å². The Morgan fingerprint density at radius 3 is 2.45 bits per heavy atom. The van der Waals surface area contributed by atoms with Crippen molar-refractivity contribution in [3.8, 4) is 0 Å². The minimum atomic E-state index is -3.94. The number of alkyl halides is 2. The number of esters is 1. The first-order valence-electron chi connectivity index (χ1n) is 6.32. The quantitative estimate of drug-likeness (QED) is 0.732. The van der Waals surface area contributed by atoms with Crippen LogP contribution in [0.25, 0.3) is 0 Å². The van der Waals surface area contributed by atoms with Crippen molar-refractivity contribution in [2.45, 2.75) is 37.8 Å². The van der Waals surface area contributed by atoms with Gasteiger partial charge in [0.1, 0.15) is 12.6 Å². The molecule has 1 rings (SSSR count). The average Bonchev–Trinajstić information content (AvgIpc) is 2.44. The zero-order chi connectivity index (χ0) is 15.3. The number of methoxy groups -OCH3 is 1. The fourth-order valence-electron chi connectivity index (χ4n) is 1.94. The third-order valence-corrected chi connectivity index (χ3v) is 3.23. The summed E-state index contributed by atoms with van der Waals surface area (Å²) in [6.07, 6.45) is -1.41. The molecule has 0 bridgehead atoms. The molecule has 116 valence electrons. The number of rotatable bonds is 5. The lowest BCUT2D eigenvalue weighted by molar-refractivity contribution is -0.179. The summed E-state index contributed by atoms with van der Waals surface area (Å²) in [7, 11) is 1.11. The maximum absolute atomic E-state index is 13.7. The Morgan fingerprint density at radius 2 is 2.00 bits per heavy atom.